The van der Waals surface area contributed by atoms with Gasteiger partial charge in [-0.15, -0.1) is 0 Å². The molecule has 1 fully saturated rings. The molecule has 130 valence electrons. The largest absolute Gasteiger partial charge is 0.444 e. The quantitative estimate of drug-likeness (QED) is 0.789. The number of carbonyl (C=O) groups excluding carboxylic acids is 1. The van der Waals surface area contributed by atoms with Gasteiger partial charge in [0.25, 0.3) is 0 Å². The van der Waals surface area contributed by atoms with Gasteiger partial charge in [-0.2, -0.15) is 8.78 Å². The lowest BCUT2D eigenvalue weighted by Crippen LogP contribution is -2.46. The van der Waals surface area contributed by atoms with Gasteiger partial charge < -0.3 is 15.0 Å². The van der Waals surface area contributed by atoms with Crippen molar-refractivity contribution in [3.63, 3.8) is 0 Å². The normalized spacial score (nSPS) is 20.4. The molecule has 22 heavy (non-hydrogen) atoms. The smallest absolute Gasteiger partial charge is 0.410 e. The van der Waals surface area contributed by atoms with Crippen molar-refractivity contribution >= 4 is 6.09 Å². The van der Waals surface area contributed by atoms with E-state index in [4.69, 9.17) is 4.74 Å². The van der Waals surface area contributed by atoms with Gasteiger partial charge >= 0.3 is 18.4 Å². The zero-order valence-corrected chi connectivity index (χ0v) is 13.2. The molecule has 0 spiro atoms. The minimum Gasteiger partial charge on any atom is -0.444 e. The Hall–Kier alpha value is -1.05. The Morgan fingerprint density at radius 1 is 1.36 bits per heavy atom. The van der Waals surface area contributed by atoms with Gasteiger partial charge in [-0.1, -0.05) is 0 Å². The Balaban J connectivity index is 2.39. The van der Waals surface area contributed by atoms with Crippen molar-refractivity contribution in [1.29, 1.82) is 0 Å². The predicted molar refractivity (Wildman–Crippen MR) is 74.4 cm³/mol. The zero-order chi connectivity index (χ0) is 17.0. The summed E-state index contributed by atoms with van der Waals surface area (Å²) >= 11 is 0. The van der Waals surface area contributed by atoms with Crippen LogP contribution in [0.1, 0.15) is 33.6 Å². The summed E-state index contributed by atoms with van der Waals surface area (Å²) in [4.78, 5) is 13.5. The molecule has 1 heterocycles. The highest BCUT2D eigenvalue weighted by atomic mass is 19.3. The van der Waals surface area contributed by atoms with E-state index in [-0.39, 0.29) is 12.5 Å². The second kappa shape index (κ2) is 7.48. The second-order valence-electron chi connectivity index (χ2n) is 6.63. The predicted octanol–water partition coefficient (Wildman–Crippen LogP) is 3.12. The van der Waals surface area contributed by atoms with E-state index < -0.39 is 30.6 Å². The van der Waals surface area contributed by atoms with E-state index in [0.29, 0.717) is 13.1 Å². The molecule has 0 bridgehead atoms. The Kier molecular flexibility index (Phi) is 6.46. The number of likely N-dealkylation sites (tertiary alicyclic amines) is 1. The van der Waals surface area contributed by atoms with E-state index in [0.717, 1.165) is 12.8 Å². The zero-order valence-electron chi connectivity index (χ0n) is 13.2. The molecule has 0 aliphatic carbocycles. The van der Waals surface area contributed by atoms with E-state index in [1.54, 1.807) is 20.8 Å². The summed E-state index contributed by atoms with van der Waals surface area (Å²) in [5.41, 5.74) is -0.596. The Morgan fingerprint density at radius 2 is 2.00 bits per heavy atom. The first kappa shape index (κ1) is 19.0. The van der Waals surface area contributed by atoms with Crippen molar-refractivity contribution < 1.29 is 27.1 Å². The van der Waals surface area contributed by atoms with Gasteiger partial charge in [-0.05, 0) is 46.1 Å². The number of piperidine rings is 1. The molecule has 0 aromatic rings. The minimum absolute atomic E-state index is 0.0465. The number of carbonyl (C=O) groups is 1. The number of hydrogen-bond donors (Lipinski definition) is 1. The Morgan fingerprint density at radius 3 is 2.55 bits per heavy atom. The van der Waals surface area contributed by atoms with Crippen LogP contribution in [-0.2, 0) is 4.74 Å². The minimum atomic E-state index is -4.03. The number of hydrogen-bond acceptors (Lipinski definition) is 3. The van der Waals surface area contributed by atoms with Gasteiger partial charge in [-0.3, -0.25) is 0 Å². The van der Waals surface area contributed by atoms with Crippen LogP contribution in [0.15, 0.2) is 0 Å². The fourth-order valence-electron chi connectivity index (χ4n) is 2.24. The summed E-state index contributed by atoms with van der Waals surface area (Å²) in [6, 6.07) is 0. The van der Waals surface area contributed by atoms with Crippen LogP contribution in [0.5, 0.6) is 0 Å². The number of halogens is 4. The van der Waals surface area contributed by atoms with Crippen molar-refractivity contribution in [3.8, 4) is 0 Å². The fraction of sp³-hybridized carbons (Fsp3) is 0.929. The molecule has 1 atom stereocenters. The lowest BCUT2D eigenvalue weighted by Gasteiger charge is -2.34. The summed E-state index contributed by atoms with van der Waals surface area (Å²) in [6.45, 7) is 5.33. The molecule has 1 aliphatic rings. The highest BCUT2D eigenvalue weighted by molar-refractivity contribution is 5.68. The van der Waals surface area contributed by atoms with E-state index in [9.17, 15) is 22.4 Å². The standard InChI is InChI=1S/C14H24F4N2O2/c1-13(2,3)22-12(21)20-6-4-5-10(8-20)7-19-9-14(17,18)11(15)16/h10-11,19H,4-9H2,1-3H3. The van der Waals surface area contributed by atoms with Gasteiger partial charge in [0.05, 0.1) is 6.54 Å². The van der Waals surface area contributed by atoms with Crippen LogP contribution < -0.4 is 5.32 Å². The first-order chi connectivity index (χ1) is 10.0. The van der Waals surface area contributed by atoms with Gasteiger partial charge in [0.2, 0.25) is 0 Å². The SMILES string of the molecule is CC(C)(C)OC(=O)N1CCCC(CNCC(F)(F)C(F)F)C1. The lowest BCUT2D eigenvalue weighted by atomic mass is 9.98. The third-order valence-corrected chi connectivity index (χ3v) is 3.28. The molecular formula is C14H24F4N2O2. The lowest BCUT2D eigenvalue weighted by molar-refractivity contribution is -0.125. The summed E-state index contributed by atoms with van der Waals surface area (Å²) in [7, 11) is 0. The van der Waals surface area contributed by atoms with Crippen molar-refractivity contribution in [1.82, 2.24) is 10.2 Å². The van der Waals surface area contributed by atoms with Gasteiger partial charge in [-0.25, -0.2) is 13.6 Å². The van der Waals surface area contributed by atoms with Crippen LogP contribution in [0.2, 0.25) is 0 Å². The van der Waals surface area contributed by atoms with Crippen LogP contribution >= 0.6 is 0 Å². The highest BCUT2D eigenvalue weighted by Gasteiger charge is 2.40. The molecule has 1 amide bonds. The first-order valence-electron chi connectivity index (χ1n) is 7.36. The maximum Gasteiger partial charge on any atom is 0.410 e. The molecule has 1 N–H and O–H groups in total. The Bertz CT molecular complexity index is 372. The molecule has 4 nitrogen and oxygen atoms in total. The van der Waals surface area contributed by atoms with Crippen LogP contribution in [-0.4, -0.2) is 55.1 Å². The van der Waals surface area contributed by atoms with E-state index >= 15 is 0 Å². The van der Waals surface area contributed by atoms with Gasteiger partial charge in [0, 0.05) is 13.1 Å². The monoisotopic (exact) mass is 328 g/mol. The molecule has 1 rings (SSSR count). The summed E-state index contributed by atoms with van der Waals surface area (Å²) in [5, 5.41) is 2.38. The van der Waals surface area contributed by atoms with Gasteiger partial charge in [0.1, 0.15) is 5.60 Å². The summed E-state index contributed by atoms with van der Waals surface area (Å²) in [6.07, 6.45) is -2.62. The maximum atomic E-state index is 12.8. The molecule has 1 unspecified atom stereocenters. The number of ether oxygens (including phenoxy) is 1. The molecule has 0 aromatic heterocycles. The molecular weight excluding hydrogens is 304 g/mol. The highest BCUT2D eigenvalue weighted by Crippen LogP contribution is 2.22. The number of amides is 1. The number of nitrogens with one attached hydrogen (secondary N) is 1. The van der Waals surface area contributed by atoms with Crippen molar-refractivity contribution in [2.24, 2.45) is 5.92 Å². The van der Waals surface area contributed by atoms with Crippen molar-refractivity contribution in [3.05, 3.63) is 0 Å². The fourth-order valence-corrected chi connectivity index (χ4v) is 2.24. The second-order valence-corrected chi connectivity index (χ2v) is 6.63. The van der Waals surface area contributed by atoms with Crippen molar-refractivity contribution in [2.45, 2.75) is 51.6 Å². The van der Waals surface area contributed by atoms with Crippen LogP contribution in [0.25, 0.3) is 0 Å². The Labute approximate surface area is 128 Å². The first-order valence-corrected chi connectivity index (χ1v) is 7.36. The van der Waals surface area contributed by atoms with E-state index in [1.807, 2.05) is 0 Å². The number of alkyl halides is 4. The number of rotatable bonds is 5. The third-order valence-electron chi connectivity index (χ3n) is 3.28. The summed E-state index contributed by atoms with van der Waals surface area (Å²) in [5.74, 6) is -4.07. The summed E-state index contributed by atoms with van der Waals surface area (Å²) < 4.78 is 54.9. The topological polar surface area (TPSA) is 41.6 Å². The average Bonchev–Trinajstić information content (AvgIpc) is 2.36. The van der Waals surface area contributed by atoms with Gasteiger partial charge in [0.15, 0.2) is 0 Å². The van der Waals surface area contributed by atoms with Crippen molar-refractivity contribution in [2.75, 3.05) is 26.2 Å². The maximum absolute atomic E-state index is 12.8. The van der Waals surface area contributed by atoms with Crippen LogP contribution in [0.4, 0.5) is 22.4 Å². The van der Waals surface area contributed by atoms with Crippen LogP contribution in [0.3, 0.4) is 0 Å². The number of nitrogens with zero attached hydrogens (tertiary/aromatic N) is 1. The van der Waals surface area contributed by atoms with E-state index in [2.05, 4.69) is 5.32 Å². The molecule has 0 radical (unpaired) electrons. The third kappa shape index (κ3) is 6.37. The average molecular weight is 328 g/mol. The molecule has 0 saturated carbocycles. The van der Waals surface area contributed by atoms with Crippen LogP contribution in [0, 0.1) is 5.92 Å². The molecule has 1 saturated heterocycles. The molecule has 8 heteroatoms. The molecule has 0 aromatic carbocycles. The molecule has 1 aliphatic heterocycles. The van der Waals surface area contributed by atoms with E-state index in [1.165, 1.54) is 4.90 Å².